The van der Waals surface area contributed by atoms with Crippen LogP contribution in [0.4, 0.5) is 0 Å². The molecule has 0 amide bonds. The topological polar surface area (TPSA) is 91.4 Å². The molecule has 0 bridgehead atoms. The van der Waals surface area contributed by atoms with Crippen molar-refractivity contribution >= 4 is 11.6 Å². The maximum Gasteiger partial charge on any atom is 0.366 e. The summed E-state index contributed by atoms with van der Waals surface area (Å²) in [6.07, 6.45) is 1.22. The molecule has 3 aromatic rings. The fourth-order valence-corrected chi connectivity index (χ4v) is 1.67. The van der Waals surface area contributed by atoms with Gasteiger partial charge in [0.1, 0.15) is 12.1 Å². The van der Waals surface area contributed by atoms with Gasteiger partial charge in [-0.05, 0) is 12.1 Å². The Morgan fingerprint density at radius 2 is 2.00 bits per heavy atom. The van der Waals surface area contributed by atoms with Crippen LogP contribution < -0.4 is 10.4 Å². The van der Waals surface area contributed by atoms with Gasteiger partial charge in [-0.3, -0.25) is 0 Å². The van der Waals surface area contributed by atoms with Crippen molar-refractivity contribution < 1.29 is 9.53 Å². The van der Waals surface area contributed by atoms with E-state index >= 15 is 0 Å². The first-order valence-electron chi connectivity index (χ1n) is 5.71. The number of ether oxygens (including phenoxy) is 1. The minimum atomic E-state index is -0.693. The molecule has 0 saturated carbocycles. The zero-order valence-electron chi connectivity index (χ0n) is 10.4. The molecule has 0 unspecified atom stereocenters. The van der Waals surface area contributed by atoms with E-state index in [-0.39, 0.29) is 11.3 Å². The van der Waals surface area contributed by atoms with Crippen molar-refractivity contribution in [3.8, 4) is 5.75 Å². The van der Waals surface area contributed by atoms with Crippen molar-refractivity contribution in [1.82, 2.24) is 24.4 Å². The predicted molar refractivity (Wildman–Crippen MR) is 67.4 cm³/mol. The second-order valence-corrected chi connectivity index (χ2v) is 3.98. The number of aryl methyl sites for hydroxylation is 1. The molecule has 0 radical (unpaired) electrons. The van der Waals surface area contributed by atoms with Gasteiger partial charge in [-0.2, -0.15) is 4.68 Å². The summed E-state index contributed by atoms with van der Waals surface area (Å²) in [6.45, 7) is 0. The lowest BCUT2D eigenvalue weighted by Crippen LogP contribution is -2.27. The van der Waals surface area contributed by atoms with Crippen molar-refractivity contribution in [2.45, 2.75) is 0 Å². The molecule has 0 aliphatic heterocycles. The molecule has 2 aromatic heterocycles. The van der Waals surface area contributed by atoms with Crippen molar-refractivity contribution in [2.24, 2.45) is 7.05 Å². The number of nitrogens with zero attached hydrogens (tertiary/aromatic N) is 5. The number of esters is 1. The summed E-state index contributed by atoms with van der Waals surface area (Å²) in [4.78, 5) is 27.6. The van der Waals surface area contributed by atoms with Crippen LogP contribution in [0.1, 0.15) is 10.5 Å². The van der Waals surface area contributed by atoms with E-state index in [0.717, 1.165) is 9.08 Å². The Morgan fingerprint density at radius 3 is 2.75 bits per heavy atom. The first-order chi connectivity index (χ1) is 9.66. The number of benzene rings is 1. The van der Waals surface area contributed by atoms with Crippen LogP contribution in [0.2, 0.25) is 0 Å². The highest BCUT2D eigenvalue weighted by molar-refractivity contribution is 5.94. The second-order valence-electron chi connectivity index (χ2n) is 3.98. The van der Waals surface area contributed by atoms with Gasteiger partial charge in [0.15, 0.2) is 11.3 Å². The van der Waals surface area contributed by atoms with Gasteiger partial charge >= 0.3 is 11.7 Å². The standard InChI is InChI=1S/C12H9N5O3/c1-16-12(19)17-7-13-9(10(17)14-15-16)11(18)20-8-5-3-2-4-6-8/h2-7H,1H3. The first-order valence-corrected chi connectivity index (χ1v) is 5.71. The lowest BCUT2D eigenvalue weighted by atomic mass is 10.3. The van der Waals surface area contributed by atoms with Gasteiger partial charge in [0.05, 0.1) is 0 Å². The van der Waals surface area contributed by atoms with Crippen molar-refractivity contribution in [3.63, 3.8) is 0 Å². The Labute approximate surface area is 112 Å². The minimum Gasteiger partial charge on any atom is -0.422 e. The van der Waals surface area contributed by atoms with Crippen LogP contribution in [0.15, 0.2) is 41.5 Å². The molecule has 100 valence electrons. The molecule has 20 heavy (non-hydrogen) atoms. The molecular formula is C12H9N5O3. The quantitative estimate of drug-likeness (QED) is 0.483. The molecular weight excluding hydrogens is 262 g/mol. The number of carbonyl (C=O) groups is 1. The van der Waals surface area contributed by atoms with Crippen LogP contribution in [0.5, 0.6) is 5.75 Å². The average molecular weight is 271 g/mol. The van der Waals surface area contributed by atoms with Gasteiger partial charge < -0.3 is 4.74 Å². The van der Waals surface area contributed by atoms with E-state index < -0.39 is 11.7 Å². The van der Waals surface area contributed by atoms with Gasteiger partial charge in [-0.25, -0.2) is 19.0 Å². The molecule has 0 aliphatic carbocycles. The van der Waals surface area contributed by atoms with Gasteiger partial charge in [0.25, 0.3) is 0 Å². The van der Waals surface area contributed by atoms with Crippen LogP contribution in [0.25, 0.3) is 5.65 Å². The predicted octanol–water partition coefficient (Wildman–Crippen LogP) is 0.0422. The Kier molecular flexibility index (Phi) is 2.75. The van der Waals surface area contributed by atoms with E-state index in [4.69, 9.17) is 4.74 Å². The summed E-state index contributed by atoms with van der Waals surface area (Å²) >= 11 is 0. The zero-order chi connectivity index (χ0) is 14.1. The van der Waals surface area contributed by atoms with Crippen LogP contribution in [0.3, 0.4) is 0 Å². The van der Waals surface area contributed by atoms with Crippen molar-refractivity contribution in [1.29, 1.82) is 0 Å². The van der Waals surface area contributed by atoms with Crippen molar-refractivity contribution in [3.05, 3.63) is 52.8 Å². The molecule has 3 rings (SSSR count). The monoisotopic (exact) mass is 271 g/mol. The smallest absolute Gasteiger partial charge is 0.366 e. The van der Waals surface area contributed by atoms with Crippen LogP contribution in [-0.2, 0) is 7.05 Å². The molecule has 0 atom stereocenters. The number of rotatable bonds is 2. The molecule has 2 heterocycles. The Hall–Kier alpha value is -3.03. The highest BCUT2D eigenvalue weighted by atomic mass is 16.5. The number of hydrogen-bond acceptors (Lipinski definition) is 6. The normalized spacial score (nSPS) is 10.7. The Balaban J connectivity index is 2.01. The van der Waals surface area contributed by atoms with Gasteiger partial charge in [-0.15, -0.1) is 5.10 Å². The van der Waals surface area contributed by atoms with Crippen LogP contribution in [0, 0.1) is 0 Å². The number of hydrogen-bond donors (Lipinski definition) is 0. The molecule has 0 aliphatic rings. The van der Waals surface area contributed by atoms with E-state index in [1.54, 1.807) is 30.3 Å². The SMILES string of the molecule is Cn1nnc2c(C(=O)Oc3ccccc3)ncn2c1=O. The average Bonchev–Trinajstić information content (AvgIpc) is 2.89. The molecule has 8 heteroatoms. The number of fused-ring (bicyclic) bond motifs is 1. The highest BCUT2D eigenvalue weighted by Gasteiger charge is 2.19. The largest absolute Gasteiger partial charge is 0.422 e. The summed E-state index contributed by atoms with van der Waals surface area (Å²) < 4.78 is 7.32. The van der Waals surface area contributed by atoms with Gasteiger partial charge in [0.2, 0.25) is 0 Å². The third-order valence-electron chi connectivity index (χ3n) is 2.65. The fraction of sp³-hybridized carbons (Fsp3) is 0.0833. The molecule has 0 saturated heterocycles. The maximum absolute atomic E-state index is 12.0. The summed E-state index contributed by atoms with van der Waals surface area (Å²) in [6, 6.07) is 8.56. The molecule has 0 fully saturated rings. The summed E-state index contributed by atoms with van der Waals surface area (Å²) in [7, 11) is 1.46. The fourth-order valence-electron chi connectivity index (χ4n) is 1.67. The summed E-state index contributed by atoms with van der Waals surface area (Å²) in [5, 5.41) is 7.39. The Morgan fingerprint density at radius 1 is 1.25 bits per heavy atom. The van der Waals surface area contributed by atoms with E-state index in [1.807, 2.05) is 0 Å². The molecule has 8 nitrogen and oxygen atoms in total. The number of carbonyl (C=O) groups excluding carboxylic acids is 1. The van der Waals surface area contributed by atoms with E-state index in [1.165, 1.54) is 13.4 Å². The highest BCUT2D eigenvalue weighted by Crippen LogP contribution is 2.12. The maximum atomic E-state index is 12.0. The molecule has 1 aromatic carbocycles. The molecule has 0 spiro atoms. The third kappa shape index (κ3) is 1.92. The number of para-hydroxylation sites is 1. The summed E-state index contributed by atoms with van der Waals surface area (Å²) in [5.41, 5.74) is -0.436. The zero-order valence-corrected chi connectivity index (χ0v) is 10.4. The van der Waals surface area contributed by atoms with E-state index in [2.05, 4.69) is 15.3 Å². The van der Waals surface area contributed by atoms with Crippen LogP contribution >= 0.6 is 0 Å². The first kappa shape index (κ1) is 12.0. The second kappa shape index (κ2) is 4.57. The Bertz CT molecular complexity index is 837. The molecule has 0 N–H and O–H groups in total. The van der Waals surface area contributed by atoms with E-state index in [9.17, 15) is 9.59 Å². The van der Waals surface area contributed by atoms with Crippen LogP contribution in [-0.4, -0.2) is 30.3 Å². The summed E-state index contributed by atoms with van der Waals surface area (Å²) in [5.74, 6) is -0.309. The number of aromatic nitrogens is 5. The minimum absolute atomic E-state index is 0.0564. The number of imidazole rings is 1. The van der Waals surface area contributed by atoms with Gasteiger partial charge in [0, 0.05) is 7.05 Å². The lowest BCUT2D eigenvalue weighted by Gasteiger charge is -2.01. The third-order valence-corrected chi connectivity index (χ3v) is 2.65. The van der Waals surface area contributed by atoms with E-state index in [0.29, 0.717) is 5.75 Å². The van der Waals surface area contributed by atoms with Gasteiger partial charge in [-0.1, -0.05) is 23.4 Å². The van der Waals surface area contributed by atoms with Crippen molar-refractivity contribution in [2.75, 3.05) is 0 Å². The lowest BCUT2D eigenvalue weighted by molar-refractivity contribution is 0.0731.